The van der Waals surface area contributed by atoms with Crippen LogP contribution in [0.2, 0.25) is 0 Å². The van der Waals surface area contributed by atoms with Gasteiger partial charge in [-0.3, -0.25) is 9.20 Å². The Balaban J connectivity index is 2.06. The molecule has 0 spiro atoms. The molecule has 1 N–H and O–H groups in total. The standard InChI is InChI=1S/C13H16N6OS/c1-14-8-10-11(15-13-18(10)6-7-21-13)19-5-4-9(16-19)12(20)17(2)3/h4-7,14H,8H2,1-3H3. The molecule has 3 heterocycles. The van der Waals surface area contributed by atoms with Crippen LogP contribution in [0.25, 0.3) is 10.8 Å². The summed E-state index contributed by atoms with van der Waals surface area (Å²) in [5.41, 5.74) is 1.42. The van der Waals surface area contributed by atoms with E-state index in [2.05, 4.69) is 15.4 Å². The predicted octanol–water partition coefficient (Wildman–Crippen LogP) is 1.00. The maximum Gasteiger partial charge on any atom is 0.273 e. The molecule has 0 atom stereocenters. The lowest BCUT2D eigenvalue weighted by Gasteiger charge is -2.07. The second kappa shape index (κ2) is 5.30. The summed E-state index contributed by atoms with van der Waals surface area (Å²) in [5.74, 6) is 0.624. The van der Waals surface area contributed by atoms with E-state index < -0.39 is 0 Å². The van der Waals surface area contributed by atoms with Crippen molar-refractivity contribution in [1.82, 2.24) is 29.4 Å². The van der Waals surface area contributed by atoms with E-state index in [1.807, 2.05) is 23.0 Å². The molecule has 0 aliphatic heterocycles. The number of hydrogen-bond acceptors (Lipinski definition) is 5. The first kappa shape index (κ1) is 13.8. The van der Waals surface area contributed by atoms with Gasteiger partial charge < -0.3 is 10.2 Å². The Bertz CT molecular complexity index is 784. The highest BCUT2D eigenvalue weighted by Gasteiger charge is 2.17. The van der Waals surface area contributed by atoms with Gasteiger partial charge in [0.05, 0.1) is 5.69 Å². The number of nitrogens with one attached hydrogen (secondary N) is 1. The molecule has 0 bridgehead atoms. The van der Waals surface area contributed by atoms with Crippen LogP contribution in [0.4, 0.5) is 0 Å². The van der Waals surface area contributed by atoms with Crippen LogP contribution >= 0.6 is 11.3 Å². The van der Waals surface area contributed by atoms with Crippen molar-refractivity contribution in [1.29, 1.82) is 0 Å². The first-order chi connectivity index (χ1) is 10.1. The summed E-state index contributed by atoms with van der Waals surface area (Å²) in [7, 11) is 5.31. The van der Waals surface area contributed by atoms with Gasteiger partial charge in [0, 0.05) is 38.4 Å². The number of rotatable bonds is 4. The molecule has 0 saturated heterocycles. The van der Waals surface area contributed by atoms with Crippen molar-refractivity contribution in [3.8, 4) is 5.82 Å². The van der Waals surface area contributed by atoms with Gasteiger partial charge in [0.2, 0.25) is 0 Å². The fourth-order valence-electron chi connectivity index (χ4n) is 2.12. The van der Waals surface area contributed by atoms with Gasteiger partial charge in [-0.1, -0.05) is 0 Å². The van der Waals surface area contributed by atoms with Gasteiger partial charge in [0.15, 0.2) is 16.5 Å². The molecule has 0 aliphatic rings. The fraction of sp³-hybridized carbons (Fsp3) is 0.308. The molecule has 0 saturated carbocycles. The summed E-state index contributed by atoms with van der Waals surface area (Å²) in [5, 5.41) is 9.48. The van der Waals surface area contributed by atoms with Crippen LogP contribution in [0, 0.1) is 0 Å². The fourth-order valence-corrected chi connectivity index (χ4v) is 2.85. The molecule has 0 aliphatic carbocycles. The molecule has 1 amide bonds. The van der Waals surface area contributed by atoms with E-state index in [-0.39, 0.29) is 5.91 Å². The smallest absolute Gasteiger partial charge is 0.273 e. The van der Waals surface area contributed by atoms with Gasteiger partial charge in [-0.05, 0) is 13.1 Å². The minimum absolute atomic E-state index is 0.120. The van der Waals surface area contributed by atoms with E-state index in [9.17, 15) is 4.79 Å². The van der Waals surface area contributed by atoms with Crippen molar-refractivity contribution in [2.75, 3.05) is 21.1 Å². The maximum absolute atomic E-state index is 11.9. The highest BCUT2D eigenvalue weighted by molar-refractivity contribution is 7.15. The third kappa shape index (κ3) is 2.32. The van der Waals surface area contributed by atoms with Crippen LogP contribution in [-0.2, 0) is 6.54 Å². The lowest BCUT2D eigenvalue weighted by atomic mass is 10.4. The van der Waals surface area contributed by atoms with Gasteiger partial charge in [-0.25, -0.2) is 4.68 Å². The third-order valence-electron chi connectivity index (χ3n) is 3.12. The molecule has 0 unspecified atom stereocenters. The highest BCUT2D eigenvalue weighted by atomic mass is 32.1. The Morgan fingerprint density at radius 2 is 2.24 bits per heavy atom. The van der Waals surface area contributed by atoms with E-state index in [4.69, 9.17) is 0 Å². The van der Waals surface area contributed by atoms with Crippen molar-refractivity contribution in [2.24, 2.45) is 0 Å². The zero-order valence-electron chi connectivity index (χ0n) is 12.1. The Morgan fingerprint density at radius 1 is 1.43 bits per heavy atom. The molecule has 3 aromatic heterocycles. The number of carbonyl (C=O) groups is 1. The largest absolute Gasteiger partial charge is 0.343 e. The predicted molar refractivity (Wildman–Crippen MR) is 81.0 cm³/mol. The second-order valence-electron chi connectivity index (χ2n) is 4.81. The van der Waals surface area contributed by atoms with Crippen LogP contribution in [-0.4, -0.2) is 51.1 Å². The zero-order chi connectivity index (χ0) is 15.0. The molecule has 8 heteroatoms. The number of fused-ring (bicyclic) bond motifs is 1. The SMILES string of the molecule is CNCc1c(-n2ccc(C(=O)N(C)C)n2)nc2sccn12. The summed E-state index contributed by atoms with van der Waals surface area (Å²) in [6.07, 6.45) is 3.75. The van der Waals surface area contributed by atoms with E-state index in [0.717, 1.165) is 16.5 Å². The summed E-state index contributed by atoms with van der Waals surface area (Å²) >= 11 is 1.57. The van der Waals surface area contributed by atoms with Crippen molar-refractivity contribution in [2.45, 2.75) is 6.54 Å². The van der Waals surface area contributed by atoms with E-state index in [1.54, 1.807) is 42.4 Å². The van der Waals surface area contributed by atoms with Crippen molar-refractivity contribution < 1.29 is 4.79 Å². The quantitative estimate of drug-likeness (QED) is 0.781. The maximum atomic E-state index is 11.9. The number of hydrogen-bond donors (Lipinski definition) is 1. The lowest BCUT2D eigenvalue weighted by Crippen LogP contribution is -2.22. The van der Waals surface area contributed by atoms with Crippen molar-refractivity contribution in [3.63, 3.8) is 0 Å². The molecule has 3 aromatic rings. The molecular weight excluding hydrogens is 288 g/mol. The number of carbonyl (C=O) groups excluding carboxylic acids is 1. The van der Waals surface area contributed by atoms with Gasteiger partial charge in [-0.2, -0.15) is 10.1 Å². The Labute approximate surface area is 125 Å². The number of nitrogens with zero attached hydrogens (tertiary/aromatic N) is 5. The van der Waals surface area contributed by atoms with Crippen molar-refractivity contribution in [3.05, 3.63) is 35.2 Å². The summed E-state index contributed by atoms with van der Waals surface area (Å²) in [6, 6.07) is 1.71. The molecule has 110 valence electrons. The number of imidazole rings is 1. The van der Waals surface area contributed by atoms with Gasteiger partial charge >= 0.3 is 0 Å². The minimum Gasteiger partial charge on any atom is -0.343 e. The minimum atomic E-state index is -0.120. The first-order valence-electron chi connectivity index (χ1n) is 6.48. The molecule has 0 aromatic carbocycles. The van der Waals surface area contributed by atoms with E-state index in [0.29, 0.717) is 12.2 Å². The molecule has 3 rings (SSSR count). The number of aromatic nitrogens is 4. The second-order valence-corrected chi connectivity index (χ2v) is 5.69. The van der Waals surface area contributed by atoms with Gasteiger partial charge in [0.1, 0.15) is 0 Å². The Kier molecular flexibility index (Phi) is 3.48. The van der Waals surface area contributed by atoms with E-state index in [1.165, 1.54) is 4.90 Å². The van der Waals surface area contributed by atoms with Crippen LogP contribution in [0.15, 0.2) is 23.8 Å². The average Bonchev–Trinajstić information content (AvgIpc) is 3.14. The Hall–Kier alpha value is -2.19. The van der Waals surface area contributed by atoms with Crippen LogP contribution in [0.3, 0.4) is 0 Å². The van der Waals surface area contributed by atoms with Crippen LogP contribution in [0.5, 0.6) is 0 Å². The normalized spacial score (nSPS) is 11.2. The molecule has 21 heavy (non-hydrogen) atoms. The lowest BCUT2D eigenvalue weighted by molar-refractivity contribution is 0.0821. The van der Waals surface area contributed by atoms with Crippen LogP contribution < -0.4 is 5.32 Å². The van der Waals surface area contributed by atoms with Crippen molar-refractivity contribution >= 4 is 22.2 Å². The number of amides is 1. The highest BCUT2D eigenvalue weighted by Crippen LogP contribution is 2.20. The van der Waals surface area contributed by atoms with E-state index >= 15 is 0 Å². The van der Waals surface area contributed by atoms with Gasteiger partial charge in [0.25, 0.3) is 5.91 Å². The molecule has 7 nitrogen and oxygen atoms in total. The number of thiazole rings is 1. The van der Waals surface area contributed by atoms with Crippen LogP contribution in [0.1, 0.15) is 16.2 Å². The molecular formula is C13H16N6OS. The topological polar surface area (TPSA) is 67.5 Å². The zero-order valence-corrected chi connectivity index (χ0v) is 12.9. The van der Waals surface area contributed by atoms with Gasteiger partial charge in [-0.15, -0.1) is 11.3 Å². The molecule has 0 fully saturated rings. The summed E-state index contributed by atoms with van der Waals surface area (Å²) in [4.78, 5) is 18.9. The average molecular weight is 304 g/mol. The summed E-state index contributed by atoms with van der Waals surface area (Å²) < 4.78 is 3.69. The summed E-state index contributed by atoms with van der Waals surface area (Å²) in [6.45, 7) is 0.671. The Morgan fingerprint density at radius 3 is 2.95 bits per heavy atom. The molecule has 0 radical (unpaired) electrons. The monoisotopic (exact) mass is 304 g/mol. The third-order valence-corrected chi connectivity index (χ3v) is 3.87. The first-order valence-corrected chi connectivity index (χ1v) is 7.36.